The van der Waals surface area contributed by atoms with Gasteiger partial charge < -0.3 is 19.5 Å². The van der Waals surface area contributed by atoms with E-state index in [2.05, 4.69) is 19.2 Å². The van der Waals surface area contributed by atoms with Crippen molar-refractivity contribution in [2.75, 3.05) is 26.1 Å². The van der Waals surface area contributed by atoms with E-state index in [1.165, 1.54) is 0 Å². The van der Waals surface area contributed by atoms with E-state index in [9.17, 15) is 0 Å². The van der Waals surface area contributed by atoms with E-state index < -0.39 is 0 Å². The number of hydrogen-bond donors (Lipinski definition) is 1. The Balaban J connectivity index is 2.10. The largest absolute Gasteiger partial charge is 0.497 e. The molecule has 106 valence electrons. The van der Waals surface area contributed by atoms with Crippen LogP contribution >= 0.6 is 0 Å². The minimum absolute atomic E-state index is 0.0599. The molecule has 1 heterocycles. The summed E-state index contributed by atoms with van der Waals surface area (Å²) in [5.74, 6) is 1.61. The molecule has 0 bridgehead atoms. The maximum Gasteiger partial charge on any atom is 0.145 e. The summed E-state index contributed by atoms with van der Waals surface area (Å²) in [6.45, 7) is 5.06. The average Bonchev–Trinajstić information content (AvgIpc) is 2.38. The van der Waals surface area contributed by atoms with Crippen molar-refractivity contribution in [1.82, 2.24) is 0 Å². The van der Waals surface area contributed by atoms with Crippen LogP contribution < -0.4 is 14.8 Å². The van der Waals surface area contributed by atoms with Crippen LogP contribution in [0.1, 0.15) is 26.7 Å². The number of ether oxygens (including phenoxy) is 3. The molecule has 4 nitrogen and oxygen atoms in total. The Bertz CT molecular complexity index is 431. The molecule has 0 spiro atoms. The zero-order valence-electron chi connectivity index (χ0n) is 12.2. The van der Waals surface area contributed by atoms with Crippen LogP contribution in [0, 0.1) is 0 Å². The van der Waals surface area contributed by atoms with Crippen molar-refractivity contribution < 1.29 is 14.2 Å². The Morgan fingerprint density at radius 3 is 2.68 bits per heavy atom. The van der Waals surface area contributed by atoms with Gasteiger partial charge in [0.1, 0.15) is 11.5 Å². The fourth-order valence-electron chi connectivity index (χ4n) is 2.49. The Hall–Kier alpha value is -1.42. The SMILES string of the molecule is COc1ccc(NC2CCOC(C)(C)C2)c(OC)c1. The van der Waals surface area contributed by atoms with Gasteiger partial charge in [-0.15, -0.1) is 0 Å². The van der Waals surface area contributed by atoms with Crippen LogP contribution in [0.3, 0.4) is 0 Å². The van der Waals surface area contributed by atoms with Gasteiger partial charge >= 0.3 is 0 Å². The van der Waals surface area contributed by atoms with Crippen LogP contribution in [-0.2, 0) is 4.74 Å². The second kappa shape index (κ2) is 5.70. The van der Waals surface area contributed by atoms with Crippen LogP contribution in [0.15, 0.2) is 18.2 Å². The van der Waals surface area contributed by atoms with Gasteiger partial charge in [0.2, 0.25) is 0 Å². The first-order valence-electron chi connectivity index (χ1n) is 6.66. The van der Waals surface area contributed by atoms with Crippen molar-refractivity contribution in [3.8, 4) is 11.5 Å². The molecule has 2 rings (SSSR count). The summed E-state index contributed by atoms with van der Waals surface area (Å²) in [5, 5.41) is 3.55. The highest BCUT2D eigenvalue weighted by Crippen LogP contribution is 2.32. The molecule has 1 aliphatic rings. The lowest BCUT2D eigenvalue weighted by Gasteiger charge is -2.36. The molecule has 1 fully saturated rings. The molecule has 0 saturated carbocycles. The molecule has 4 heteroatoms. The monoisotopic (exact) mass is 265 g/mol. The molecular formula is C15H23NO3. The van der Waals surface area contributed by atoms with Gasteiger partial charge in [-0.05, 0) is 38.8 Å². The molecule has 0 amide bonds. The zero-order valence-corrected chi connectivity index (χ0v) is 12.2. The summed E-state index contributed by atoms with van der Waals surface area (Å²) in [6.07, 6.45) is 2.00. The summed E-state index contributed by atoms with van der Waals surface area (Å²) < 4.78 is 16.3. The number of benzene rings is 1. The fraction of sp³-hybridized carbons (Fsp3) is 0.600. The molecule has 0 aliphatic carbocycles. The second-order valence-electron chi connectivity index (χ2n) is 5.51. The fourth-order valence-corrected chi connectivity index (χ4v) is 2.49. The molecular weight excluding hydrogens is 242 g/mol. The average molecular weight is 265 g/mol. The second-order valence-corrected chi connectivity index (χ2v) is 5.51. The lowest BCUT2D eigenvalue weighted by molar-refractivity contribution is -0.0553. The summed E-state index contributed by atoms with van der Waals surface area (Å²) in [5.41, 5.74) is 0.946. The number of hydrogen-bond acceptors (Lipinski definition) is 4. The first kappa shape index (κ1) is 14.0. The molecule has 0 radical (unpaired) electrons. The lowest BCUT2D eigenvalue weighted by atomic mass is 9.94. The molecule has 19 heavy (non-hydrogen) atoms. The summed E-state index contributed by atoms with van der Waals surface area (Å²) in [6, 6.07) is 6.24. The maximum absolute atomic E-state index is 5.74. The third-order valence-electron chi connectivity index (χ3n) is 3.47. The third kappa shape index (κ3) is 3.53. The Morgan fingerprint density at radius 1 is 1.26 bits per heavy atom. The highest BCUT2D eigenvalue weighted by Gasteiger charge is 2.29. The Morgan fingerprint density at radius 2 is 2.05 bits per heavy atom. The standard InChI is InChI=1S/C15H23NO3/c1-15(2)10-11(7-8-19-15)16-13-6-5-12(17-3)9-14(13)18-4/h5-6,9,11,16H,7-8,10H2,1-4H3. The first-order chi connectivity index (χ1) is 9.04. The highest BCUT2D eigenvalue weighted by atomic mass is 16.5. The van der Waals surface area contributed by atoms with Crippen LogP contribution in [-0.4, -0.2) is 32.5 Å². The van der Waals surface area contributed by atoms with Gasteiger partial charge in [-0.25, -0.2) is 0 Å². The smallest absolute Gasteiger partial charge is 0.145 e. The highest BCUT2D eigenvalue weighted by molar-refractivity contribution is 5.59. The van der Waals surface area contributed by atoms with Crippen molar-refractivity contribution in [3.63, 3.8) is 0 Å². The Labute approximate surface area is 115 Å². The molecule has 1 unspecified atom stereocenters. The lowest BCUT2D eigenvalue weighted by Crippen LogP contribution is -2.40. The minimum Gasteiger partial charge on any atom is -0.497 e. The minimum atomic E-state index is -0.0599. The van der Waals surface area contributed by atoms with Gasteiger partial charge in [0.25, 0.3) is 0 Å². The van der Waals surface area contributed by atoms with E-state index in [-0.39, 0.29) is 5.60 Å². The number of rotatable bonds is 4. The van der Waals surface area contributed by atoms with Crippen molar-refractivity contribution >= 4 is 5.69 Å². The van der Waals surface area contributed by atoms with Crippen LogP contribution in [0.5, 0.6) is 11.5 Å². The molecule has 1 atom stereocenters. The maximum atomic E-state index is 5.74. The van der Waals surface area contributed by atoms with Gasteiger partial charge in [0.05, 0.1) is 25.5 Å². The normalized spacial score (nSPS) is 21.8. The van der Waals surface area contributed by atoms with E-state index in [1.54, 1.807) is 14.2 Å². The van der Waals surface area contributed by atoms with Crippen LogP contribution in [0.4, 0.5) is 5.69 Å². The topological polar surface area (TPSA) is 39.7 Å². The number of anilines is 1. The van der Waals surface area contributed by atoms with Gasteiger partial charge in [0.15, 0.2) is 0 Å². The van der Waals surface area contributed by atoms with E-state index in [4.69, 9.17) is 14.2 Å². The molecule has 1 aromatic rings. The van der Waals surface area contributed by atoms with E-state index in [1.807, 2.05) is 18.2 Å². The van der Waals surface area contributed by atoms with Gasteiger partial charge in [-0.1, -0.05) is 0 Å². The predicted octanol–water partition coefficient (Wildman–Crippen LogP) is 3.07. The summed E-state index contributed by atoms with van der Waals surface area (Å²) in [4.78, 5) is 0. The quantitative estimate of drug-likeness (QED) is 0.908. The van der Waals surface area contributed by atoms with Crippen molar-refractivity contribution in [2.24, 2.45) is 0 Å². The molecule has 1 aliphatic heterocycles. The van der Waals surface area contributed by atoms with E-state index >= 15 is 0 Å². The summed E-state index contributed by atoms with van der Waals surface area (Å²) >= 11 is 0. The molecule has 1 aromatic carbocycles. The Kier molecular flexibility index (Phi) is 4.20. The zero-order chi connectivity index (χ0) is 13.9. The first-order valence-corrected chi connectivity index (χ1v) is 6.66. The summed E-state index contributed by atoms with van der Waals surface area (Å²) in [7, 11) is 3.33. The van der Waals surface area contributed by atoms with Crippen LogP contribution in [0.2, 0.25) is 0 Å². The van der Waals surface area contributed by atoms with Gasteiger partial charge in [0, 0.05) is 18.7 Å². The molecule has 0 aromatic heterocycles. The van der Waals surface area contributed by atoms with Crippen molar-refractivity contribution in [1.29, 1.82) is 0 Å². The number of methoxy groups -OCH3 is 2. The van der Waals surface area contributed by atoms with E-state index in [0.29, 0.717) is 6.04 Å². The third-order valence-corrected chi connectivity index (χ3v) is 3.47. The van der Waals surface area contributed by atoms with Crippen LogP contribution in [0.25, 0.3) is 0 Å². The molecule has 1 N–H and O–H groups in total. The number of nitrogens with one attached hydrogen (secondary N) is 1. The van der Waals surface area contributed by atoms with Gasteiger partial charge in [-0.2, -0.15) is 0 Å². The van der Waals surface area contributed by atoms with Gasteiger partial charge in [-0.3, -0.25) is 0 Å². The molecule has 1 saturated heterocycles. The predicted molar refractivity (Wildman–Crippen MR) is 76.2 cm³/mol. The van der Waals surface area contributed by atoms with Crippen molar-refractivity contribution in [3.05, 3.63) is 18.2 Å². The van der Waals surface area contributed by atoms with E-state index in [0.717, 1.165) is 36.6 Å². The van der Waals surface area contributed by atoms with Crippen molar-refractivity contribution in [2.45, 2.75) is 38.3 Å².